The lowest BCUT2D eigenvalue weighted by atomic mass is 9.88. The van der Waals surface area contributed by atoms with Gasteiger partial charge in [-0.3, -0.25) is 4.79 Å². The van der Waals surface area contributed by atoms with E-state index < -0.39 is 0 Å². The SMILES string of the molecule is O=C1/C=C\C=C/C2=C(CCCC2)C1. The molecule has 0 saturated carbocycles. The van der Waals surface area contributed by atoms with E-state index in [1.54, 1.807) is 6.08 Å². The molecular weight excluding hydrogens is 160 g/mol. The average molecular weight is 174 g/mol. The van der Waals surface area contributed by atoms with E-state index in [-0.39, 0.29) is 5.78 Å². The summed E-state index contributed by atoms with van der Waals surface area (Å²) in [4.78, 5) is 11.3. The summed E-state index contributed by atoms with van der Waals surface area (Å²) in [6, 6.07) is 0. The van der Waals surface area contributed by atoms with Crippen molar-refractivity contribution in [2.75, 3.05) is 0 Å². The molecule has 13 heavy (non-hydrogen) atoms. The van der Waals surface area contributed by atoms with Gasteiger partial charge in [0, 0.05) is 6.42 Å². The molecule has 0 atom stereocenters. The van der Waals surface area contributed by atoms with E-state index >= 15 is 0 Å². The van der Waals surface area contributed by atoms with Gasteiger partial charge in [-0.25, -0.2) is 0 Å². The maximum Gasteiger partial charge on any atom is 0.159 e. The van der Waals surface area contributed by atoms with Gasteiger partial charge in [0.2, 0.25) is 0 Å². The molecule has 0 aliphatic heterocycles. The summed E-state index contributed by atoms with van der Waals surface area (Å²) in [6.07, 6.45) is 13.1. The lowest BCUT2D eigenvalue weighted by Crippen LogP contribution is -2.04. The van der Waals surface area contributed by atoms with Crippen molar-refractivity contribution in [2.45, 2.75) is 32.1 Å². The highest BCUT2D eigenvalue weighted by atomic mass is 16.1. The van der Waals surface area contributed by atoms with Gasteiger partial charge in [0.05, 0.1) is 0 Å². The van der Waals surface area contributed by atoms with Gasteiger partial charge in [-0.1, -0.05) is 23.8 Å². The average Bonchev–Trinajstić information content (AvgIpc) is 2.11. The fourth-order valence-corrected chi connectivity index (χ4v) is 2.00. The first-order valence-electron chi connectivity index (χ1n) is 4.95. The summed E-state index contributed by atoms with van der Waals surface area (Å²) >= 11 is 0. The van der Waals surface area contributed by atoms with Crippen molar-refractivity contribution in [1.29, 1.82) is 0 Å². The van der Waals surface area contributed by atoms with E-state index in [0.717, 1.165) is 12.8 Å². The van der Waals surface area contributed by atoms with E-state index in [1.165, 1.54) is 24.0 Å². The molecular formula is C12H14O. The van der Waals surface area contributed by atoms with Crippen molar-refractivity contribution < 1.29 is 4.79 Å². The van der Waals surface area contributed by atoms with Crippen LogP contribution in [0.3, 0.4) is 0 Å². The van der Waals surface area contributed by atoms with Crippen molar-refractivity contribution in [3.8, 4) is 0 Å². The Kier molecular flexibility index (Phi) is 2.44. The van der Waals surface area contributed by atoms with E-state index in [2.05, 4.69) is 6.08 Å². The Morgan fingerprint density at radius 1 is 1.00 bits per heavy atom. The minimum atomic E-state index is 0.249. The molecule has 0 aromatic carbocycles. The minimum Gasteiger partial charge on any atom is -0.294 e. The minimum absolute atomic E-state index is 0.249. The van der Waals surface area contributed by atoms with Crippen molar-refractivity contribution in [2.24, 2.45) is 0 Å². The van der Waals surface area contributed by atoms with Gasteiger partial charge in [0.25, 0.3) is 0 Å². The Morgan fingerprint density at radius 3 is 2.69 bits per heavy atom. The Labute approximate surface area is 78.8 Å². The van der Waals surface area contributed by atoms with E-state index in [9.17, 15) is 4.79 Å². The number of rotatable bonds is 0. The number of carbonyl (C=O) groups excluding carboxylic acids is 1. The third-order valence-electron chi connectivity index (χ3n) is 2.71. The molecule has 0 fully saturated rings. The van der Waals surface area contributed by atoms with E-state index in [4.69, 9.17) is 0 Å². The molecule has 2 aliphatic carbocycles. The zero-order valence-electron chi connectivity index (χ0n) is 7.75. The van der Waals surface area contributed by atoms with Gasteiger partial charge in [0.1, 0.15) is 0 Å². The molecule has 0 aromatic heterocycles. The molecule has 0 N–H and O–H groups in total. The molecule has 0 unspecified atom stereocenters. The first-order valence-corrected chi connectivity index (χ1v) is 4.95. The Balaban J connectivity index is 2.30. The third-order valence-corrected chi connectivity index (χ3v) is 2.71. The second kappa shape index (κ2) is 3.73. The fourth-order valence-electron chi connectivity index (χ4n) is 2.00. The Hall–Kier alpha value is -1.11. The van der Waals surface area contributed by atoms with Crippen LogP contribution in [0.25, 0.3) is 0 Å². The first-order chi connectivity index (χ1) is 6.36. The van der Waals surface area contributed by atoms with Crippen LogP contribution in [0.4, 0.5) is 0 Å². The van der Waals surface area contributed by atoms with Gasteiger partial charge < -0.3 is 0 Å². The van der Waals surface area contributed by atoms with Crippen molar-refractivity contribution in [1.82, 2.24) is 0 Å². The lowest BCUT2D eigenvalue weighted by molar-refractivity contribution is -0.114. The Bertz CT molecular complexity index is 305. The Morgan fingerprint density at radius 2 is 1.77 bits per heavy atom. The van der Waals surface area contributed by atoms with Crippen LogP contribution < -0.4 is 0 Å². The molecule has 0 heterocycles. The molecule has 0 spiro atoms. The molecule has 0 saturated heterocycles. The number of allylic oxidation sites excluding steroid dienone is 6. The third kappa shape index (κ3) is 1.97. The zero-order valence-corrected chi connectivity index (χ0v) is 7.75. The van der Waals surface area contributed by atoms with E-state index in [1.807, 2.05) is 12.2 Å². The number of hydrogen-bond acceptors (Lipinski definition) is 1. The number of carbonyl (C=O) groups is 1. The highest BCUT2D eigenvalue weighted by Gasteiger charge is 2.13. The maximum absolute atomic E-state index is 11.3. The van der Waals surface area contributed by atoms with Crippen molar-refractivity contribution in [3.05, 3.63) is 35.5 Å². The summed E-state index contributed by atoms with van der Waals surface area (Å²) in [5.74, 6) is 0.249. The molecule has 68 valence electrons. The predicted molar refractivity (Wildman–Crippen MR) is 53.4 cm³/mol. The smallest absolute Gasteiger partial charge is 0.159 e. The van der Waals surface area contributed by atoms with Crippen LogP contribution in [0.2, 0.25) is 0 Å². The topological polar surface area (TPSA) is 17.1 Å². The van der Waals surface area contributed by atoms with Crippen LogP contribution in [-0.4, -0.2) is 5.78 Å². The maximum atomic E-state index is 11.3. The van der Waals surface area contributed by atoms with Crippen LogP contribution in [0, 0.1) is 0 Å². The molecule has 2 aliphatic rings. The van der Waals surface area contributed by atoms with Crippen LogP contribution in [0.5, 0.6) is 0 Å². The quantitative estimate of drug-likeness (QED) is 0.551. The molecule has 0 bridgehead atoms. The molecule has 0 amide bonds. The van der Waals surface area contributed by atoms with Crippen LogP contribution >= 0.6 is 0 Å². The van der Waals surface area contributed by atoms with Gasteiger partial charge in [-0.05, 0) is 37.3 Å². The second-order valence-corrected chi connectivity index (χ2v) is 3.70. The standard InChI is InChI=1S/C12H14O/c13-12-8-4-3-6-10-5-1-2-7-11(10)9-12/h3-4,6,8H,1-2,5,7,9H2/b6-3-,8-4-. The summed E-state index contributed by atoms with van der Waals surface area (Å²) in [5.41, 5.74) is 2.78. The second-order valence-electron chi connectivity index (χ2n) is 3.70. The fraction of sp³-hybridized carbons (Fsp3) is 0.417. The molecule has 2 rings (SSSR count). The number of hydrogen-bond donors (Lipinski definition) is 0. The van der Waals surface area contributed by atoms with Gasteiger partial charge in [-0.15, -0.1) is 0 Å². The lowest BCUT2D eigenvalue weighted by Gasteiger charge is -2.17. The summed E-state index contributed by atoms with van der Waals surface area (Å²) in [5, 5.41) is 0. The van der Waals surface area contributed by atoms with Gasteiger partial charge >= 0.3 is 0 Å². The first kappa shape index (κ1) is 8.49. The molecule has 1 nitrogen and oxygen atoms in total. The highest BCUT2D eigenvalue weighted by molar-refractivity contribution is 5.92. The highest BCUT2D eigenvalue weighted by Crippen LogP contribution is 2.28. The molecule has 1 heteroatoms. The summed E-state index contributed by atoms with van der Waals surface area (Å²) in [6.45, 7) is 0. The van der Waals surface area contributed by atoms with Gasteiger partial charge in [0.15, 0.2) is 5.78 Å². The normalized spacial score (nSPS) is 27.5. The predicted octanol–water partition coefficient (Wildman–Crippen LogP) is 2.94. The molecule has 0 radical (unpaired) electrons. The number of ketones is 1. The zero-order chi connectivity index (χ0) is 9.10. The molecule has 0 aromatic rings. The largest absolute Gasteiger partial charge is 0.294 e. The van der Waals surface area contributed by atoms with Crippen LogP contribution in [0.15, 0.2) is 35.5 Å². The summed E-state index contributed by atoms with van der Waals surface area (Å²) < 4.78 is 0. The van der Waals surface area contributed by atoms with Crippen LogP contribution in [-0.2, 0) is 4.79 Å². The van der Waals surface area contributed by atoms with Crippen LogP contribution in [0.1, 0.15) is 32.1 Å². The van der Waals surface area contributed by atoms with E-state index in [0.29, 0.717) is 6.42 Å². The van der Waals surface area contributed by atoms with Crippen molar-refractivity contribution >= 4 is 5.78 Å². The summed E-state index contributed by atoms with van der Waals surface area (Å²) in [7, 11) is 0. The van der Waals surface area contributed by atoms with Gasteiger partial charge in [-0.2, -0.15) is 0 Å². The van der Waals surface area contributed by atoms with Crippen molar-refractivity contribution in [3.63, 3.8) is 0 Å². The monoisotopic (exact) mass is 174 g/mol.